The number of para-hydroxylation sites is 2. The van der Waals surface area contributed by atoms with Gasteiger partial charge in [0.1, 0.15) is 17.1 Å². The number of nitrogens with zero attached hydrogens (tertiary/aromatic N) is 2. The van der Waals surface area contributed by atoms with E-state index in [9.17, 15) is 13.2 Å². The number of carboxylic acids is 1. The highest BCUT2D eigenvalue weighted by Gasteiger charge is 2.14. The summed E-state index contributed by atoms with van der Waals surface area (Å²) in [6, 6.07) is 14.1. The molecule has 4 aromatic rings. The van der Waals surface area contributed by atoms with E-state index in [1.807, 2.05) is 12.1 Å². The molecule has 0 fully saturated rings. The smallest absolute Gasteiger partial charge is 0.353 e. The number of aliphatic carboxylic acids is 1. The summed E-state index contributed by atoms with van der Waals surface area (Å²) < 4.78 is 64.8. The first-order chi connectivity index (χ1) is 14.8. The van der Waals surface area contributed by atoms with Gasteiger partial charge < -0.3 is 14.2 Å². The van der Waals surface area contributed by atoms with E-state index in [-0.39, 0.29) is 12.1 Å². The summed E-state index contributed by atoms with van der Waals surface area (Å²) in [4.78, 5) is 10.4. The lowest BCUT2D eigenvalue weighted by atomic mass is 10.2. The number of carbonyl (C=O) groups is 1. The second-order valence-electron chi connectivity index (χ2n) is 5.96. The first-order valence-electron chi connectivity index (χ1n) is 8.34. The summed E-state index contributed by atoms with van der Waals surface area (Å²) in [6.07, 6.45) is -0.100. The Balaban J connectivity index is 0.000000189. The first kappa shape index (κ1) is 25.2. The van der Waals surface area contributed by atoms with Crippen molar-refractivity contribution in [1.82, 2.24) is 10.3 Å². The van der Waals surface area contributed by atoms with Crippen molar-refractivity contribution >= 4 is 58.0 Å². The highest BCUT2D eigenvalue weighted by Crippen LogP contribution is 2.19. The summed E-state index contributed by atoms with van der Waals surface area (Å²) in [5.41, 5.74) is 1.83. The second kappa shape index (κ2) is 10.5. The van der Waals surface area contributed by atoms with Crippen LogP contribution in [0.15, 0.2) is 57.6 Å². The van der Waals surface area contributed by atoms with Crippen LogP contribution >= 0.6 is 10.7 Å². The number of aromatic nitrogens is 2. The molecule has 2 heterocycles. The van der Waals surface area contributed by atoms with Crippen molar-refractivity contribution in [3.05, 3.63) is 59.9 Å². The van der Waals surface area contributed by atoms with Crippen molar-refractivity contribution in [2.75, 3.05) is 0 Å². The summed E-state index contributed by atoms with van der Waals surface area (Å²) in [5, 5.41) is 17.2. The molecule has 0 aliphatic carbocycles. The zero-order valence-corrected chi connectivity index (χ0v) is 18.2. The Labute approximate surface area is 185 Å². The Morgan fingerprint density at radius 3 is 1.69 bits per heavy atom. The van der Waals surface area contributed by atoms with Crippen LogP contribution in [0.1, 0.15) is 11.4 Å². The van der Waals surface area contributed by atoms with Gasteiger partial charge in [-0.1, -0.05) is 34.6 Å². The molecule has 0 spiro atoms. The van der Waals surface area contributed by atoms with Crippen LogP contribution in [0, 0.1) is 0 Å². The van der Waals surface area contributed by atoms with Crippen LogP contribution in [-0.4, -0.2) is 47.3 Å². The molecular weight excluding hydrogens is 492 g/mol. The average Bonchev–Trinajstić information content (AvgIpc) is 3.24. The summed E-state index contributed by atoms with van der Waals surface area (Å²) in [6.45, 7) is 0. The Morgan fingerprint density at radius 2 is 1.25 bits per heavy atom. The van der Waals surface area contributed by atoms with E-state index < -0.39 is 31.2 Å². The van der Waals surface area contributed by atoms with Crippen molar-refractivity contribution in [1.29, 1.82) is 0 Å². The molecule has 0 radical (unpaired) electrons. The number of hydrogen-bond donors (Lipinski definition) is 3. The molecule has 0 bridgehead atoms. The van der Waals surface area contributed by atoms with Gasteiger partial charge in [0.25, 0.3) is 10.1 Å². The third-order valence-corrected chi connectivity index (χ3v) is 4.18. The van der Waals surface area contributed by atoms with Crippen LogP contribution in [0.5, 0.6) is 0 Å². The molecular formula is C17H15ClN2O10S2. The minimum absolute atomic E-state index is 0.100. The fourth-order valence-corrected chi connectivity index (χ4v) is 2.98. The third-order valence-electron chi connectivity index (χ3n) is 3.54. The van der Waals surface area contributed by atoms with Crippen LogP contribution in [0.4, 0.5) is 0 Å². The molecule has 0 atom stereocenters. The van der Waals surface area contributed by atoms with Crippen molar-refractivity contribution in [3.63, 3.8) is 0 Å². The molecule has 15 heteroatoms. The van der Waals surface area contributed by atoms with E-state index in [0.717, 1.165) is 5.39 Å². The van der Waals surface area contributed by atoms with Crippen molar-refractivity contribution in [3.8, 4) is 0 Å². The predicted molar refractivity (Wildman–Crippen MR) is 112 cm³/mol. The molecule has 0 saturated carbocycles. The standard InChI is InChI=1S/C9H7NO3.C8H7NO4S.ClHO3S/c11-9(12)5-7-6-3-1-2-4-8(6)13-10-7;10-14(11,12)5-7-6-3-1-2-4-8(6)13-9-7;1-5(2,3)4/h1-4H,5H2,(H,11,12);1-4H,5H2,(H,10,11,12);(H,2,3,4). The van der Waals surface area contributed by atoms with Crippen molar-refractivity contribution in [2.24, 2.45) is 0 Å². The van der Waals surface area contributed by atoms with Gasteiger partial charge in [0.15, 0.2) is 11.2 Å². The minimum atomic E-state index is -4.19. The highest BCUT2D eigenvalue weighted by atomic mass is 35.7. The van der Waals surface area contributed by atoms with E-state index >= 15 is 0 Å². The second-order valence-corrected chi connectivity index (χ2v) is 9.41. The Bertz CT molecular complexity index is 1420. The molecule has 0 amide bonds. The molecule has 4 rings (SSSR count). The number of hydrogen-bond acceptors (Lipinski definition) is 9. The Morgan fingerprint density at radius 1 is 0.844 bits per heavy atom. The molecule has 172 valence electrons. The SMILES string of the molecule is O=C(O)Cc1noc2ccccc12.O=S(=O)(O)Cc1noc2ccccc12.O=S(=O)(O)Cl. The fourth-order valence-electron chi connectivity index (χ4n) is 2.42. The van der Waals surface area contributed by atoms with Crippen LogP contribution < -0.4 is 0 Å². The van der Waals surface area contributed by atoms with Gasteiger partial charge in [-0.25, -0.2) is 0 Å². The number of halogens is 1. The predicted octanol–water partition coefficient (Wildman–Crippen LogP) is 2.70. The quantitative estimate of drug-likeness (QED) is 0.270. The maximum Gasteiger partial charge on any atom is 0.353 e. The van der Waals surface area contributed by atoms with Crippen LogP contribution in [0.3, 0.4) is 0 Å². The highest BCUT2D eigenvalue weighted by molar-refractivity contribution is 8.09. The zero-order valence-electron chi connectivity index (χ0n) is 15.8. The van der Waals surface area contributed by atoms with Crippen molar-refractivity contribution in [2.45, 2.75) is 12.2 Å². The number of rotatable bonds is 4. The Kier molecular flexibility index (Phi) is 8.29. The normalized spacial score (nSPS) is 11.3. The molecule has 12 nitrogen and oxygen atoms in total. The van der Waals surface area contributed by atoms with Crippen LogP contribution in [0.25, 0.3) is 21.9 Å². The monoisotopic (exact) mass is 506 g/mol. The number of carboxylic acid groups (broad SMARTS) is 1. The van der Waals surface area contributed by atoms with Gasteiger partial charge in [0.2, 0.25) is 0 Å². The topological polar surface area (TPSA) is 198 Å². The van der Waals surface area contributed by atoms with E-state index in [4.69, 9.17) is 31.7 Å². The average molecular weight is 507 g/mol. The van der Waals surface area contributed by atoms with Gasteiger partial charge in [0.05, 0.1) is 6.42 Å². The third kappa shape index (κ3) is 8.60. The number of fused-ring (bicyclic) bond motifs is 2. The minimum Gasteiger partial charge on any atom is -0.481 e. The first-order valence-corrected chi connectivity index (χ1v) is 12.2. The molecule has 0 aliphatic rings. The van der Waals surface area contributed by atoms with Crippen LogP contribution in [0.2, 0.25) is 0 Å². The van der Waals surface area contributed by atoms with E-state index in [2.05, 4.69) is 21.0 Å². The molecule has 0 unspecified atom stereocenters. The molecule has 3 N–H and O–H groups in total. The Hall–Kier alpha value is -3.04. The maximum absolute atomic E-state index is 10.6. The van der Waals surface area contributed by atoms with Gasteiger partial charge in [-0.2, -0.15) is 16.8 Å². The van der Waals surface area contributed by atoms with Gasteiger partial charge in [0, 0.05) is 21.5 Å². The molecule has 0 saturated heterocycles. The molecule has 0 aliphatic heterocycles. The lowest BCUT2D eigenvalue weighted by molar-refractivity contribution is -0.136. The van der Waals surface area contributed by atoms with Crippen molar-refractivity contribution < 1.29 is 44.9 Å². The van der Waals surface area contributed by atoms with Gasteiger partial charge in [-0.3, -0.25) is 13.9 Å². The lowest BCUT2D eigenvalue weighted by Gasteiger charge is -1.91. The lowest BCUT2D eigenvalue weighted by Crippen LogP contribution is -2.01. The van der Waals surface area contributed by atoms with Gasteiger partial charge in [-0.05, 0) is 24.3 Å². The molecule has 2 aromatic carbocycles. The fraction of sp³-hybridized carbons (Fsp3) is 0.118. The summed E-state index contributed by atoms with van der Waals surface area (Å²) >= 11 is 0. The van der Waals surface area contributed by atoms with Crippen LogP contribution in [-0.2, 0) is 36.4 Å². The summed E-state index contributed by atoms with van der Waals surface area (Å²) in [5.74, 6) is -1.43. The number of benzene rings is 2. The largest absolute Gasteiger partial charge is 0.481 e. The summed E-state index contributed by atoms with van der Waals surface area (Å²) in [7, 11) is -4.20. The molecule has 32 heavy (non-hydrogen) atoms. The van der Waals surface area contributed by atoms with Gasteiger partial charge >= 0.3 is 15.3 Å². The zero-order chi connectivity index (χ0) is 23.9. The van der Waals surface area contributed by atoms with E-state index in [0.29, 0.717) is 22.2 Å². The van der Waals surface area contributed by atoms with E-state index in [1.54, 1.807) is 36.4 Å². The molecule has 2 aromatic heterocycles. The van der Waals surface area contributed by atoms with Gasteiger partial charge in [-0.15, -0.1) is 0 Å². The van der Waals surface area contributed by atoms with E-state index in [1.165, 1.54) is 0 Å². The maximum atomic E-state index is 10.6.